The Balaban J connectivity index is 1.42. The fraction of sp³-hybridized carbons (Fsp3) is 0.533. The van der Waals surface area contributed by atoms with E-state index in [4.69, 9.17) is 4.74 Å². The minimum Gasteiger partial charge on any atom is -0.493 e. The number of benzene rings is 1. The molecular weight excluding hydrogens is 256 g/mol. The Labute approximate surface area is 118 Å². The molecule has 0 unspecified atom stereocenters. The molecule has 1 aromatic carbocycles. The lowest BCUT2D eigenvalue weighted by molar-refractivity contribution is 0.0260. The van der Waals surface area contributed by atoms with Gasteiger partial charge in [0.15, 0.2) is 0 Å². The number of amides is 2. The summed E-state index contributed by atoms with van der Waals surface area (Å²) in [5.74, 6) is 0.871. The van der Waals surface area contributed by atoms with Gasteiger partial charge in [0.05, 0.1) is 25.8 Å². The Morgan fingerprint density at radius 3 is 2.65 bits per heavy atom. The zero-order chi connectivity index (χ0) is 14.0. The standard InChI is InChI=1S/C15H20N2O3/c18-12-8-17(9-12)14(19)16-10-15(6-7-15)11-20-13-4-2-1-3-5-13/h1-5,12,18H,6-11H2,(H,16,19). The third-order valence-corrected chi connectivity index (χ3v) is 4.01. The molecule has 1 aromatic rings. The summed E-state index contributed by atoms with van der Waals surface area (Å²) < 4.78 is 5.78. The number of carbonyl (C=O) groups is 1. The van der Waals surface area contributed by atoms with E-state index in [1.165, 1.54) is 0 Å². The number of urea groups is 1. The second-order valence-electron chi connectivity index (χ2n) is 5.82. The van der Waals surface area contributed by atoms with Gasteiger partial charge in [-0.05, 0) is 25.0 Å². The molecule has 3 rings (SSSR count). The number of hydrogen-bond donors (Lipinski definition) is 2. The predicted octanol–water partition coefficient (Wildman–Crippen LogP) is 1.23. The first-order valence-electron chi connectivity index (χ1n) is 7.06. The van der Waals surface area contributed by atoms with Crippen molar-refractivity contribution >= 4 is 6.03 Å². The smallest absolute Gasteiger partial charge is 0.317 e. The molecule has 0 aromatic heterocycles. The summed E-state index contributed by atoms with van der Waals surface area (Å²) in [7, 11) is 0. The second kappa shape index (κ2) is 5.32. The Kier molecular flexibility index (Phi) is 3.53. The quantitative estimate of drug-likeness (QED) is 0.850. The number of carbonyl (C=O) groups excluding carboxylic acids is 1. The van der Waals surface area contributed by atoms with E-state index < -0.39 is 0 Å². The van der Waals surface area contributed by atoms with Crippen LogP contribution in [0.2, 0.25) is 0 Å². The molecular formula is C15H20N2O3. The zero-order valence-corrected chi connectivity index (χ0v) is 11.4. The number of β-amino-alcohol motifs (C(OH)–C–C–N with tert-alkyl or cyclic N) is 1. The van der Waals surface area contributed by atoms with E-state index in [2.05, 4.69) is 5.32 Å². The van der Waals surface area contributed by atoms with Crippen molar-refractivity contribution in [2.45, 2.75) is 18.9 Å². The van der Waals surface area contributed by atoms with Crippen LogP contribution in [0.15, 0.2) is 30.3 Å². The van der Waals surface area contributed by atoms with Crippen molar-refractivity contribution in [3.8, 4) is 5.75 Å². The van der Waals surface area contributed by atoms with Gasteiger partial charge in [-0.15, -0.1) is 0 Å². The van der Waals surface area contributed by atoms with E-state index in [1.54, 1.807) is 4.90 Å². The number of aliphatic hydroxyl groups is 1. The average molecular weight is 276 g/mol. The molecule has 0 atom stereocenters. The fourth-order valence-electron chi connectivity index (χ4n) is 2.30. The van der Waals surface area contributed by atoms with Crippen molar-refractivity contribution in [1.82, 2.24) is 10.2 Å². The third-order valence-electron chi connectivity index (χ3n) is 4.01. The van der Waals surface area contributed by atoms with Gasteiger partial charge in [-0.25, -0.2) is 4.79 Å². The van der Waals surface area contributed by atoms with E-state index in [1.807, 2.05) is 30.3 Å². The highest BCUT2D eigenvalue weighted by molar-refractivity contribution is 5.75. The first kappa shape index (κ1) is 13.2. The molecule has 2 amide bonds. The van der Waals surface area contributed by atoms with Gasteiger partial charge < -0.3 is 20.1 Å². The van der Waals surface area contributed by atoms with Crippen molar-refractivity contribution < 1.29 is 14.6 Å². The average Bonchev–Trinajstić information content (AvgIpc) is 3.21. The van der Waals surface area contributed by atoms with Gasteiger partial charge in [0.2, 0.25) is 0 Å². The highest BCUT2D eigenvalue weighted by Gasteiger charge is 2.44. The van der Waals surface area contributed by atoms with Gasteiger partial charge in [0.25, 0.3) is 0 Å². The molecule has 5 nitrogen and oxygen atoms in total. The van der Waals surface area contributed by atoms with Crippen LogP contribution in [0.3, 0.4) is 0 Å². The second-order valence-corrected chi connectivity index (χ2v) is 5.82. The normalized spacial score (nSPS) is 20.1. The number of likely N-dealkylation sites (tertiary alicyclic amines) is 1. The number of para-hydroxylation sites is 1. The molecule has 2 N–H and O–H groups in total. The lowest BCUT2D eigenvalue weighted by atomic mass is 10.1. The minimum atomic E-state index is -0.350. The first-order chi connectivity index (χ1) is 9.67. The molecule has 1 heterocycles. The van der Waals surface area contributed by atoms with Crippen LogP contribution in [-0.4, -0.2) is 48.4 Å². The molecule has 5 heteroatoms. The van der Waals surface area contributed by atoms with Crippen molar-refractivity contribution in [1.29, 1.82) is 0 Å². The topological polar surface area (TPSA) is 61.8 Å². The molecule has 2 aliphatic rings. The molecule has 1 saturated carbocycles. The van der Waals surface area contributed by atoms with Crippen LogP contribution in [0.1, 0.15) is 12.8 Å². The SMILES string of the molecule is O=C(NCC1(COc2ccccc2)CC1)N1CC(O)C1. The van der Waals surface area contributed by atoms with E-state index >= 15 is 0 Å². The van der Waals surface area contributed by atoms with Crippen LogP contribution in [0.5, 0.6) is 5.75 Å². The lowest BCUT2D eigenvalue weighted by Gasteiger charge is -2.36. The van der Waals surface area contributed by atoms with Gasteiger partial charge in [0.1, 0.15) is 5.75 Å². The summed E-state index contributed by atoms with van der Waals surface area (Å²) in [6, 6.07) is 9.66. The van der Waals surface area contributed by atoms with Crippen LogP contribution < -0.4 is 10.1 Å². The van der Waals surface area contributed by atoms with Gasteiger partial charge >= 0.3 is 6.03 Å². The number of rotatable bonds is 5. The molecule has 0 radical (unpaired) electrons. The minimum absolute atomic E-state index is 0.0821. The van der Waals surface area contributed by atoms with Crippen molar-refractivity contribution in [2.75, 3.05) is 26.2 Å². The number of nitrogens with zero attached hydrogens (tertiary/aromatic N) is 1. The van der Waals surface area contributed by atoms with Gasteiger partial charge in [-0.2, -0.15) is 0 Å². The van der Waals surface area contributed by atoms with Crippen molar-refractivity contribution in [2.24, 2.45) is 5.41 Å². The van der Waals surface area contributed by atoms with E-state index in [9.17, 15) is 9.90 Å². The summed E-state index contributed by atoms with van der Waals surface area (Å²) in [6.07, 6.45) is 1.82. The maximum atomic E-state index is 11.8. The Morgan fingerprint density at radius 2 is 2.05 bits per heavy atom. The van der Waals surface area contributed by atoms with Gasteiger partial charge in [0, 0.05) is 12.0 Å². The molecule has 0 spiro atoms. The van der Waals surface area contributed by atoms with E-state index in [0.29, 0.717) is 26.2 Å². The Morgan fingerprint density at radius 1 is 1.35 bits per heavy atom. The maximum Gasteiger partial charge on any atom is 0.317 e. The summed E-state index contributed by atoms with van der Waals surface area (Å²) >= 11 is 0. The van der Waals surface area contributed by atoms with Crippen LogP contribution >= 0.6 is 0 Å². The first-order valence-corrected chi connectivity index (χ1v) is 7.06. The van der Waals surface area contributed by atoms with Crippen LogP contribution in [0.25, 0.3) is 0 Å². The summed E-state index contributed by atoms with van der Waals surface area (Å²) in [5.41, 5.74) is 0.0922. The molecule has 1 aliphatic heterocycles. The van der Waals surface area contributed by atoms with E-state index in [0.717, 1.165) is 18.6 Å². The van der Waals surface area contributed by atoms with Gasteiger partial charge in [-0.1, -0.05) is 18.2 Å². The molecule has 1 saturated heterocycles. The summed E-state index contributed by atoms with van der Waals surface area (Å²) in [5, 5.41) is 12.1. The Bertz CT molecular complexity index is 467. The molecule has 2 fully saturated rings. The maximum absolute atomic E-state index is 11.8. The Hall–Kier alpha value is -1.75. The summed E-state index contributed by atoms with van der Waals surface area (Å²) in [4.78, 5) is 13.4. The largest absolute Gasteiger partial charge is 0.493 e. The fourth-order valence-corrected chi connectivity index (χ4v) is 2.30. The van der Waals surface area contributed by atoms with Crippen LogP contribution in [-0.2, 0) is 0 Å². The molecule has 1 aliphatic carbocycles. The number of nitrogens with one attached hydrogen (secondary N) is 1. The summed E-state index contributed by atoms with van der Waals surface area (Å²) in [6.45, 7) is 2.17. The predicted molar refractivity (Wildman–Crippen MR) is 74.6 cm³/mol. The molecule has 108 valence electrons. The molecule has 0 bridgehead atoms. The lowest BCUT2D eigenvalue weighted by Crippen LogP contribution is -2.57. The van der Waals surface area contributed by atoms with Crippen LogP contribution in [0, 0.1) is 5.41 Å². The monoisotopic (exact) mass is 276 g/mol. The van der Waals surface area contributed by atoms with Gasteiger partial charge in [-0.3, -0.25) is 0 Å². The number of hydrogen-bond acceptors (Lipinski definition) is 3. The number of aliphatic hydroxyl groups excluding tert-OH is 1. The van der Waals surface area contributed by atoms with Crippen LogP contribution in [0.4, 0.5) is 4.79 Å². The third kappa shape index (κ3) is 3.04. The van der Waals surface area contributed by atoms with E-state index in [-0.39, 0.29) is 17.6 Å². The molecule has 20 heavy (non-hydrogen) atoms. The highest BCUT2D eigenvalue weighted by atomic mass is 16.5. The van der Waals surface area contributed by atoms with Crippen molar-refractivity contribution in [3.05, 3.63) is 30.3 Å². The van der Waals surface area contributed by atoms with Crippen molar-refractivity contribution in [3.63, 3.8) is 0 Å². The number of ether oxygens (including phenoxy) is 1. The highest BCUT2D eigenvalue weighted by Crippen LogP contribution is 2.45. The zero-order valence-electron chi connectivity index (χ0n) is 11.4.